The summed E-state index contributed by atoms with van der Waals surface area (Å²) in [6.45, 7) is 8.66. The van der Waals surface area contributed by atoms with Crippen molar-refractivity contribution in [2.75, 3.05) is 19.7 Å². The molecular formula is C14H22N2O2. The summed E-state index contributed by atoms with van der Waals surface area (Å²) in [6.07, 6.45) is 0.975. The van der Waals surface area contributed by atoms with Crippen molar-refractivity contribution in [1.29, 1.82) is 0 Å². The van der Waals surface area contributed by atoms with E-state index in [1.54, 1.807) is 6.20 Å². The Bertz CT molecular complexity index is 378. The summed E-state index contributed by atoms with van der Waals surface area (Å²) in [5, 5.41) is 10.3. The quantitative estimate of drug-likeness (QED) is 0.883. The van der Waals surface area contributed by atoms with Gasteiger partial charge in [0.05, 0.1) is 6.61 Å². The van der Waals surface area contributed by atoms with E-state index in [1.165, 1.54) is 0 Å². The zero-order chi connectivity index (χ0) is 13.1. The van der Waals surface area contributed by atoms with Crippen LogP contribution in [0.15, 0.2) is 18.3 Å². The van der Waals surface area contributed by atoms with Crippen LogP contribution in [0.2, 0.25) is 0 Å². The van der Waals surface area contributed by atoms with Crippen molar-refractivity contribution < 1.29 is 9.84 Å². The van der Waals surface area contributed by atoms with Gasteiger partial charge in [-0.15, -0.1) is 0 Å². The van der Waals surface area contributed by atoms with Gasteiger partial charge in [-0.3, -0.25) is 9.88 Å². The number of aromatic nitrogens is 1. The standard InChI is InChI=1S/C14H22N2O2/c1-10(2)16-6-7-18-13(9-16)14(17)12-5-4-11(3)15-8-12/h4-5,8,10,13-14,17H,6-7,9H2,1-3H3. The van der Waals surface area contributed by atoms with Gasteiger partial charge >= 0.3 is 0 Å². The normalized spacial score (nSPS) is 23.3. The smallest absolute Gasteiger partial charge is 0.108 e. The number of ether oxygens (including phenoxy) is 1. The Morgan fingerprint density at radius 2 is 2.22 bits per heavy atom. The predicted octanol–water partition coefficient (Wildman–Crippen LogP) is 1.53. The van der Waals surface area contributed by atoms with E-state index < -0.39 is 6.10 Å². The van der Waals surface area contributed by atoms with Crippen LogP contribution in [-0.2, 0) is 4.74 Å². The fourth-order valence-corrected chi connectivity index (χ4v) is 2.23. The monoisotopic (exact) mass is 250 g/mol. The van der Waals surface area contributed by atoms with E-state index in [2.05, 4.69) is 23.7 Å². The fraction of sp³-hybridized carbons (Fsp3) is 0.643. The van der Waals surface area contributed by atoms with Gasteiger partial charge in [0.25, 0.3) is 0 Å². The molecule has 1 aliphatic rings. The minimum absolute atomic E-state index is 0.161. The van der Waals surface area contributed by atoms with Crippen LogP contribution in [0.1, 0.15) is 31.2 Å². The van der Waals surface area contributed by atoms with E-state index in [0.29, 0.717) is 12.6 Å². The maximum Gasteiger partial charge on any atom is 0.108 e. The van der Waals surface area contributed by atoms with Gasteiger partial charge in [0, 0.05) is 36.6 Å². The molecule has 1 N–H and O–H groups in total. The molecular weight excluding hydrogens is 228 g/mol. The number of hydrogen-bond acceptors (Lipinski definition) is 4. The highest BCUT2D eigenvalue weighted by Gasteiger charge is 2.28. The van der Waals surface area contributed by atoms with Gasteiger partial charge < -0.3 is 9.84 Å². The van der Waals surface area contributed by atoms with Crippen LogP contribution in [0.4, 0.5) is 0 Å². The SMILES string of the molecule is Cc1ccc(C(O)C2CN(C(C)C)CCO2)cn1. The maximum atomic E-state index is 10.3. The molecule has 4 nitrogen and oxygen atoms in total. The highest BCUT2D eigenvalue weighted by molar-refractivity contribution is 5.17. The van der Waals surface area contributed by atoms with E-state index in [1.807, 2.05) is 19.1 Å². The minimum atomic E-state index is -0.598. The molecule has 0 spiro atoms. The molecule has 0 aliphatic carbocycles. The van der Waals surface area contributed by atoms with Crippen molar-refractivity contribution in [3.8, 4) is 0 Å². The molecule has 18 heavy (non-hydrogen) atoms. The number of aryl methyl sites for hydroxylation is 1. The van der Waals surface area contributed by atoms with Crippen LogP contribution in [0, 0.1) is 6.92 Å². The molecule has 2 heterocycles. The van der Waals surface area contributed by atoms with Crippen molar-refractivity contribution in [2.24, 2.45) is 0 Å². The molecule has 2 rings (SSSR count). The molecule has 0 saturated carbocycles. The summed E-state index contributed by atoms with van der Waals surface area (Å²) in [7, 11) is 0. The van der Waals surface area contributed by atoms with Gasteiger partial charge in [0.15, 0.2) is 0 Å². The maximum absolute atomic E-state index is 10.3. The first-order valence-electron chi connectivity index (χ1n) is 6.54. The largest absolute Gasteiger partial charge is 0.386 e. The molecule has 1 saturated heterocycles. The fourth-order valence-electron chi connectivity index (χ4n) is 2.23. The summed E-state index contributed by atoms with van der Waals surface area (Å²) in [5.41, 5.74) is 1.79. The first kappa shape index (κ1) is 13.5. The highest BCUT2D eigenvalue weighted by atomic mass is 16.5. The number of rotatable bonds is 3. The third kappa shape index (κ3) is 3.07. The van der Waals surface area contributed by atoms with Gasteiger partial charge in [0.1, 0.15) is 12.2 Å². The number of pyridine rings is 1. The lowest BCUT2D eigenvalue weighted by atomic mass is 10.0. The van der Waals surface area contributed by atoms with E-state index in [-0.39, 0.29) is 6.10 Å². The zero-order valence-corrected chi connectivity index (χ0v) is 11.3. The van der Waals surface area contributed by atoms with Crippen LogP contribution >= 0.6 is 0 Å². The van der Waals surface area contributed by atoms with Crippen LogP contribution < -0.4 is 0 Å². The Morgan fingerprint density at radius 3 is 2.83 bits per heavy atom. The lowest BCUT2D eigenvalue weighted by Crippen LogP contribution is -2.47. The summed E-state index contributed by atoms with van der Waals surface area (Å²) in [4.78, 5) is 6.55. The molecule has 2 unspecified atom stereocenters. The highest BCUT2D eigenvalue weighted by Crippen LogP contribution is 2.22. The van der Waals surface area contributed by atoms with Crippen LogP contribution in [-0.4, -0.2) is 46.8 Å². The molecule has 0 bridgehead atoms. The van der Waals surface area contributed by atoms with Crippen molar-refractivity contribution in [1.82, 2.24) is 9.88 Å². The molecule has 100 valence electrons. The molecule has 1 aromatic rings. The molecule has 1 aliphatic heterocycles. The van der Waals surface area contributed by atoms with Crippen LogP contribution in [0.3, 0.4) is 0 Å². The Balaban J connectivity index is 2.04. The summed E-state index contributed by atoms with van der Waals surface area (Å²) in [5.74, 6) is 0. The van der Waals surface area contributed by atoms with Crippen molar-refractivity contribution in [3.63, 3.8) is 0 Å². The Morgan fingerprint density at radius 1 is 1.44 bits per heavy atom. The summed E-state index contributed by atoms with van der Waals surface area (Å²) >= 11 is 0. The van der Waals surface area contributed by atoms with E-state index in [4.69, 9.17) is 4.74 Å². The van der Waals surface area contributed by atoms with Crippen molar-refractivity contribution in [2.45, 2.75) is 39.0 Å². The first-order chi connectivity index (χ1) is 8.58. The third-order valence-electron chi connectivity index (χ3n) is 3.48. The lowest BCUT2D eigenvalue weighted by molar-refractivity contribution is -0.0962. The average Bonchev–Trinajstić information content (AvgIpc) is 2.39. The second kappa shape index (κ2) is 5.78. The zero-order valence-electron chi connectivity index (χ0n) is 11.3. The summed E-state index contributed by atoms with van der Waals surface area (Å²) in [6, 6.07) is 4.33. The van der Waals surface area contributed by atoms with Gasteiger partial charge in [-0.2, -0.15) is 0 Å². The Hall–Kier alpha value is -0.970. The number of aliphatic hydroxyl groups excluding tert-OH is 1. The molecule has 1 aromatic heterocycles. The average molecular weight is 250 g/mol. The molecule has 0 aromatic carbocycles. The van der Waals surface area contributed by atoms with Crippen molar-refractivity contribution >= 4 is 0 Å². The Kier molecular flexibility index (Phi) is 4.32. The third-order valence-corrected chi connectivity index (χ3v) is 3.48. The van der Waals surface area contributed by atoms with Gasteiger partial charge in [0.2, 0.25) is 0 Å². The molecule has 1 fully saturated rings. The second-order valence-corrected chi connectivity index (χ2v) is 5.18. The van der Waals surface area contributed by atoms with E-state index in [0.717, 1.165) is 24.3 Å². The number of aliphatic hydroxyl groups is 1. The number of nitrogens with zero attached hydrogens (tertiary/aromatic N) is 2. The second-order valence-electron chi connectivity index (χ2n) is 5.18. The number of morpholine rings is 1. The van der Waals surface area contributed by atoms with Crippen LogP contribution in [0.5, 0.6) is 0 Å². The van der Waals surface area contributed by atoms with Crippen LogP contribution in [0.25, 0.3) is 0 Å². The molecule has 4 heteroatoms. The first-order valence-corrected chi connectivity index (χ1v) is 6.54. The number of hydrogen-bond donors (Lipinski definition) is 1. The van der Waals surface area contributed by atoms with Gasteiger partial charge in [-0.25, -0.2) is 0 Å². The van der Waals surface area contributed by atoms with E-state index in [9.17, 15) is 5.11 Å². The lowest BCUT2D eigenvalue weighted by Gasteiger charge is -2.37. The molecule has 2 atom stereocenters. The summed E-state index contributed by atoms with van der Waals surface area (Å²) < 4.78 is 5.69. The predicted molar refractivity (Wildman–Crippen MR) is 70.4 cm³/mol. The van der Waals surface area contributed by atoms with Gasteiger partial charge in [-0.1, -0.05) is 6.07 Å². The van der Waals surface area contributed by atoms with Gasteiger partial charge in [-0.05, 0) is 26.8 Å². The van der Waals surface area contributed by atoms with Crippen molar-refractivity contribution in [3.05, 3.63) is 29.6 Å². The molecule has 0 amide bonds. The molecule has 0 radical (unpaired) electrons. The Labute approximate surface area is 109 Å². The topological polar surface area (TPSA) is 45.6 Å². The minimum Gasteiger partial charge on any atom is -0.386 e. The van der Waals surface area contributed by atoms with E-state index >= 15 is 0 Å².